The molecule has 1 heterocycles. The molecule has 1 atom stereocenters. The Bertz CT molecular complexity index is 355. The third-order valence-electron chi connectivity index (χ3n) is 2.92. The first-order valence-corrected chi connectivity index (χ1v) is 5.16. The zero-order valence-electron chi connectivity index (χ0n) is 9.75. The van der Waals surface area contributed by atoms with Crippen molar-refractivity contribution in [1.29, 1.82) is 0 Å². The minimum Gasteiger partial charge on any atom is -0.347 e. The predicted octanol–water partition coefficient (Wildman–Crippen LogP) is 2.45. The molecule has 0 fully saturated rings. The fourth-order valence-electron chi connectivity index (χ4n) is 1.78. The van der Waals surface area contributed by atoms with Crippen LogP contribution in [0.2, 0.25) is 0 Å². The van der Waals surface area contributed by atoms with Gasteiger partial charge in [-0.15, -0.1) is 6.42 Å². The van der Waals surface area contributed by atoms with Crippen molar-refractivity contribution in [2.75, 3.05) is 14.1 Å². The Morgan fingerprint density at radius 3 is 2.87 bits per heavy atom. The molecule has 2 heteroatoms. The zero-order valence-corrected chi connectivity index (χ0v) is 9.75. The highest BCUT2D eigenvalue weighted by molar-refractivity contribution is 5.80. The maximum atomic E-state index is 5.52. The number of nitrogens with zero attached hydrogens (tertiary/aromatic N) is 2. The third kappa shape index (κ3) is 2.30. The van der Waals surface area contributed by atoms with E-state index in [1.54, 1.807) is 7.05 Å². The van der Waals surface area contributed by atoms with Crippen molar-refractivity contribution in [2.24, 2.45) is 10.9 Å². The summed E-state index contributed by atoms with van der Waals surface area (Å²) in [6.07, 6.45) is 9.33. The average molecular weight is 202 g/mol. The fourth-order valence-corrected chi connectivity index (χ4v) is 1.78. The molecule has 0 aliphatic carbocycles. The highest BCUT2D eigenvalue weighted by atomic mass is 15.1. The second-order valence-corrected chi connectivity index (χ2v) is 3.89. The van der Waals surface area contributed by atoms with Crippen LogP contribution in [-0.2, 0) is 0 Å². The van der Waals surface area contributed by atoms with Crippen LogP contribution in [0.3, 0.4) is 0 Å². The monoisotopic (exact) mass is 202 g/mol. The predicted molar refractivity (Wildman–Crippen MR) is 65.6 cm³/mol. The van der Waals surface area contributed by atoms with Gasteiger partial charge in [-0.3, -0.25) is 4.99 Å². The minimum atomic E-state index is 0.473. The van der Waals surface area contributed by atoms with Crippen LogP contribution in [-0.4, -0.2) is 25.2 Å². The van der Waals surface area contributed by atoms with Gasteiger partial charge in [0.25, 0.3) is 0 Å². The summed E-state index contributed by atoms with van der Waals surface area (Å²) in [7, 11) is 3.75. The lowest BCUT2D eigenvalue weighted by Crippen LogP contribution is -2.20. The Labute approximate surface area is 92.4 Å². The van der Waals surface area contributed by atoms with E-state index in [0.717, 1.165) is 29.8 Å². The van der Waals surface area contributed by atoms with Gasteiger partial charge < -0.3 is 4.90 Å². The van der Waals surface area contributed by atoms with E-state index in [1.165, 1.54) is 0 Å². The van der Waals surface area contributed by atoms with E-state index in [-0.39, 0.29) is 0 Å². The number of hydrogen-bond acceptors (Lipinski definition) is 2. The van der Waals surface area contributed by atoms with Crippen molar-refractivity contribution >= 4 is 6.21 Å². The van der Waals surface area contributed by atoms with E-state index in [4.69, 9.17) is 6.42 Å². The molecule has 1 aliphatic heterocycles. The van der Waals surface area contributed by atoms with Gasteiger partial charge in [0, 0.05) is 31.6 Å². The lowest BCUT2D eigenvalue weighted by Gasteiger charge is -2.24. The van der Waals surface area contributed by atoms with Gasteiger partial charge >= 0.3 is 0 Å². The van der Waals surface area contributed by atoms with Crippen molar-refractivity contribution in [3.63, 3.8) is 0 Å². The van der Waals surface area contributed by atoms with Crippen LogP contribution in [0.4, 0.5) is 0 Å². The van der Waals surface area contributed by atoms with Crippen LogP contribution in [0.25, 0.3) is 0 Å². The second kappa shape index (κ2) is 4.84. The summed E-state index contributed by atoms with van der Waals surface area (Å²) in [5.41, 5.74) is 3.14. The molecule has 1 rings (SSSR count). The van der Waals surface area contributed by atoms with Gasteiger partial charge in [-0.05, 0) is 18.8 Å². The number of allylic oxidation sites excluding steroid dienone is 3. The molecule has 1 unspecified atom stereocenters. The van der Waals surface area contributed by atoms with E-state index in [0.29, 0.717) is 5.92 Å². The van der Waals surface area contributed by atoms with Gasteiger partial charge in [0.05, 0.1) is 5.70 Å². The van der Waals surface area contributed by atoms with Crippen LogP contribution in [0.1, 0.15) is 19.8 Å². The van der Waals surface area contributed by atoms with Gasteiger partial charge in [-0.2, -0.15) is 0 Å². The van der Waals surface area contributed by atoms with E-state index in [1.807, 2.05) is 13.3 Å². The molecule has 0 N–H and O–H groups in total. The van der Waals surface area contributed by atoms with Crippen LogP contribution in [0, 0.1) is 18.3 Å². The summed E-state index contributed by atoms with van der Waals surface area (Å²) >= 11 is 0. The summed E-state index contributed by atoms with van der Waals surface area (Å²) in [5, 5.41) is 0. The quantitative estimate of drug-likeness (QED) is 0.471. The molecule has 0 radical (unpaired) electrons. The van der Waals surface area contributed by atoms with Crippen molar-refractivity contribution < 1.29 is 0 Å². The molecule has 0 aromatic rings. The second-order valence-electron chi connectivity index (χ2n) is 3.89. The fraction of sp³-hybridized carbons (Fsp3) is 0.462. The molecule has 0 saturated carbocycles. The van der Waals surface area contributed by atoms with E-state index >= 15 is 0 Å². The number of rotatable bonds is 1. The normalized spacial score (nSPS) is 23.2. The zero-order chi connectivity index (χ0) is 11.4. The van der Waals surface area contributed by atoms with Gasteiger partial charge in [0.1, 0.15) is 0 Å². The first kappa shape index (κ1) is 11.6. The molecule has 0 amide bonds. The van der Waals surface area contributed by atoms with Crippen molar-refractivity contribution in [2.45, 2.75) is 19.8 Å². The maximum Gasteiger partial charge on any atom is 0.0704 e. The first-order chi connectivity index (χ1) is 7.11. The van der Waals surface area contributed by atoms with Gasteiger partial charge in [0.15, 0.2) is 0 Å². The van der Waals surface area contributed by atoms with E-state index < -0.39 is 0 Å². The Morgan fingerprint density at radius 2 is 2.33 bits per heavy atom. The van der Waals surface area contributed by atoms with E-state index in [9.17, 15) is 0 Å². The Morgan fingerprint density at radius 1 is 1.67 bits per heavy atom. The molecule has 0 aromatic carbocycles. The lowest BCUT2D eigenvalue weighted by molar-refractivity contribution is 0.460. The summed E-state index contributed by atoms with van der Waals surface area (Å²) in [5.74, 6) is 3.23. The van der Waals surface area contributed by atoms with Crippen LogP contribution in [0.15, 0.2) is 28.5 Å². The smallest absolute Gasteiger partial charge is 0.0704 e. The Balaban J connectivity index is 3.16. The largest absolute Gasteiger partial charge is 0.347 e. The first-order valence-electron chi connectivity index (χ1n) is 5.16. The molecule has 0 spiro atoms. The van der Waals surface area contributed by atoms with Crippen LogP contribution >= 0.6 is 0 Å². The third-order valence-corrected chi connectivity index (χ3v) is 2.92. The molecule has 15 heavy (non-hydrogen) atoms. The standard InChI is InChI=1S/C13H18N2/c1-6-12-8-7-10(2)11(3)15(5)13(12)9-14-4/h1,9-10H,3,7-8H2,2,4-5H3. The maximum absolute atomic E-state index is 5.52. The lowest BCUT2D eigenvalue weighted by atomic mass is 10.0. The summed E-state index contributed by atoms with van der Waals surface area (Å²) in [4.78, 5) is 6.10. The molecule has 2 nitrogen and oxygen atoms in total. The molecule has 0 bridgehead atoms. The Kier molecular flexibility index (Phi) is 3.74. The highest BCUT2D eigenvalue weighted by Crippen LogP contribution is 2.28. The number of terminal acetylenes is 1. The molecular formula is C13H18N2. The van der Waals surface area contributed by atoms with Crippen molar-refractivity contribution in [3.05, 3.63) is 23.5 Å². The number of hydrogen-bond donors (Lipinski definition) is 0. The average Bonchev–Trinajstić information content (AvgIpc) is 2.33. The van der Waals surface area contributed by atoms with Gasteiger partial charge in [-0.25, -0.2) is 0 Å². The van der Waals surface area contributed by atoms with E-state index in [2.05, 4.69) is 29.3 Å². The topological polar surface area (TPSA) is 15.6 Å². The molecule has 1 aliphatic rings. The SMILES string of the molecule is C#CC1=C(C=NC)N(C)C(=C)C(C)CC1. The van der Waals surface area contributed by atoms with Crippen molar-refractivity contribution in [1.82, 2.24) is 4.90 Å². The minimum absolute atomic E-state index is 0.473. The van der Waals surface area contributed by atoms with Gasteiger partial charge in [0.2, 0.25) is 0 Å². The molecule has 0 aromatic heterocycles. The highest BCUT2D eigenvalue weighted by Gasteiger charge is 2.20. The summed E-state index contributed by atoms with van der Waals surface area (Å²) in [6.45, 7) is 6.28. The van der Waals surface area contributed by atoms with Crippen LogP contribution < -0.4 is 0 Å². The van der Waals surface area contributed by atoms with Crippen molar-refractivity contribution in [3.8, 4) is 12.3 Å². The van der Waals surface area contributed by atoms with Crippen LogP contribution in [0.5, 0.6) is 0 Å². The molecule has 80 valence electrons. The molecule has 0 saturated heterocycles. The number of aliphatic imine (C=N–C) groups is 1. The Hall–Kier alpha value is -1.49. The summed E-state index contributed by atoms with van der Waals surface area (Å²) in [6, 6.07) is 0. The molecular weight excluding hydrogens is 184 g/mol. The van der Waals surface area contributed by atoms with Gasteiger partial charge in [-0.1, -0.05) is 19.4 Å². The summed E-state index contributed by atoms with van der Waals surface area (Å²) < 4.78 is 0.